The van der Waals surface area contributed by atoms with Crippen molar-refractivity contribution in [3.05, 3.63) is 35.9 Å². The molecule has 1 aromatic rings. The fourth-order valence-electron chi connectivity index (χ4n) is 1.75. The summed E-state index contributed by atoms with van der Waals surface area (Å²) in [6.45, 7) is 2.08. The Morgan fingerprint density at radius 1 is 1.29 bits per heavy atom. The first-order valence-corrected chi connectivity index (χ1v) is 5.03. The minimum absolute atomic E-state index is 0.527. The number of anilines is 2. The van der Waals surface area contributed by atoms with Gasteiger partial charge in [-0.2, -0.15) is 0 Å². The van der Waals surface area contributed by atoms with E-state index in [9.17, 15) is 0 Å². The fraction of sp³-hybridized carbons (Fsp3) is 0.333. The Morgan fingerprint density at radius 2 is 2.00 bits per heavy atom. The van der Waals surface area contributed by atoms with Gasteiger partial charge in [-0.05, 0) is 37.5 Å². The maximum Gasteiger partial charge on any atom is 0.0578 e. The van der Waals surface area contributed by atoms with Crippen LogP contribution < -0.4 is 11.1 Å². The number of nitrogens with two attached hydrogens (primary N) is 1. The molecule has 2 heteroatoms. The van der Waals surface area contributed by atoms with Crippen molar-refractivity contribution in [2.24, 2.45) is 0 Å². The third kappa shape index (κ3) is 1.90. The second kappa shape index (κ2) is 3.74. The van der Waals surface area contributed by atoms with Crippen LogP contribution in [-0.4, -0.2) is 6.04 Å². The topological polar surface area (TPSA) is 38.0 Å². The quantitative estimate of drug-likeness (QED) is 0.553. The number of nitrogen functional groups attached to an aromatic ring is 1. The molecule has 0 aliphatic heterocycles. The molecule has 0 saturated heterocycles. The predicted molar refractivity (Wildman–Crippen MR) is 61.4 cm³/mol. The second-order valence-electron chi connectivity index (χ2n) is 3.87. The van der Waals surface area contributed by atoms with Gasteiger partial charge in [-0.25, -0.2) is 0 Å². The second-order valence-corrected chi connectivity index (χ2v) is 3.87. The lowest BCUT2D eigenvalue weighted by Crippen LogP contribution is -2.16. The van der Waals surface area contributed by atoms with Crippen molar-refractivity contribution < 1.29 is 0 Å². The molecule has 2 rings (SSSR count). The number of hydrogen-bond acceptors (Lipinski definition) is 2. The van der Waals surface area contributed by atoms with E-state index >= 15 is 0 Å². The largest absolute Gasteiger partial charge is 0.397 e. The molecule has 0 atom stereocenters. The average Bonchev–Trinajstić information content (AvgIpc) is 2.64. The van der Waals surface area contributed by atoms with Gasteiger partial charge in [0.2, 0.25) is 0 Å². The highest BCUT2D eigenvalue weighted by atomic mass is 14.9. The zero-order valence-corrected chi connectivity index (χ0v) is 8.46. The van der Waals surface area contributed by atoms with Gasteiger partial charge in [-0.3, -0.25) is 0 Å². The molecule has 1 aliphatic carbocycles. The number of aryl methyl sites for hydroxylation is 1. The van der Waals surface area contributed by atoms with E-state index in [2.05, 4.69) is 30.5 Å². The van der Waals surface area contributed by atoms with E-state index in [1.54, 1.807) is 0 Å². The van der Waals surface area contributed by atoms with Gasteiger partial charge in [-0.15, -0.1) is 0 Å². The molecule has 2 nitrogen and oxygen atoms in total. The molecular formula is C12H16N2. The van der Waals surface area contributed by atoms with Gasteiger partial charge in [0.15, 0.2) is 0 Å². The molecule has 14 heavy (non-hydrogen) atoms. The van der Waals surface area contributed by atoms with Crippen molar-refractivity contribution in [1.29, 1.82) is 0 Å². The minimum Gasteiger partial charge on any atom is -0.397 e. The highest BCUT2D eigenvalue weighted by Gasteiger charge is 2.10. The molecule has 0 saturated carbocycles. The van der Waals surface area contributed by atoms with Crippen LogP contribution in [0.4, 0.5) is 11.4 Å². The number of benzene rings is 1. The zero-order chi connectivity index (χ0) is 9.97. The molecule has 0 fully saturated rings. The van der Waals surface area contributed by atoms with Crippen molar-refractivity contribution in [2.75, 3.05) is 11.1 Å². The van der Waals surface area contributed by atoms with Crippen LogP contribution in [0.3, 0.4) is 0 Å². The summed E-state index contributed by atoms with van der Waals surface area (Å²) in [5, 5.41) is 3.46. The van der Waals surface area contributed by atoms with Crippen LogP contribution in [-0.2, 0) is 0 Å². The third-order valence-electron chi connectivity index (χ3n) is 2.58. The molecule has 0 spiro atoms. The summed E-state index contributed by atoms with van der Waals surface area (Å²) in [5.41, 5.74) is 9.03. The molecule has 74 valence electrons. The molecule has 0 radical (unpaired) electrons. The lowest BCUT2D eigenvalue weighted by molar-refractivity contribution is 0.787. The van der Waals surface area contributed by atoms with Crippen molar-refractivity contribution >= 4 is 11.4 Å². The fourth-order valence-corrected chi connectivity index (χ4v) is 1.75. The standard InChI is InChI=1S/C12H16N2/c1-9-6-7-11(13)12(8-9)14-10-4-2-3-5-10/h2-3,6-8,10,14H,4-5,13H2,1H3. The Morgan fingerprint density at radius 3 is 2.71 bits per heavy atom. The van der Waals surface area contributed by atoms with Gasteiger partial charge < -0.3 is 11.1 Å². The Labute approximate surface area is 84.8 Å². The van der Waals surface area contributed by atoms with E-state index in [1.165, 1.54) is 5.56 Å². The Balaban J connectivity index is 2.11. The van der Waals surface area contributed by atoms with E-state index in [0.29, 0.717) is 6.04 Å². The molecule has 0 amide bonds. The summed E-state index contributed by atoms with van der Waals surface area (Å²) >= 11 is 0. The van der Waals surface area contributed by atoms with Crippen LogP contribution in [0.1, 0.15) is 18.4 Å². The summed E-state index contributed by atoms with van der Waals surface area (Å²) in [6.07, 6.45) is 6.63. The zero-order valence-electron chi connectivity index (χ0n) is 8.46. The highest BCUT2D eigenvalue weighted by molar-refractivity contribution is 5.67. The molecule has 1 aromatic carbocycles. The molecule has 0 bridgehead atoms. The van der Waals surface area contributed by atoms with Crippen LogP contribution in [0.2, 0.25) is 0 Å². The monoisotopic (exact) mass is 188 g/mol. The SMILES string of the molecule is Cc1ccc(N)c(NC2CC=CC2)c1. The van der Waals surface area contributed by atoms with Crippen LogP contribution in [0.25, 0.3) is 0 Å². The Kier molecular flexibility index (Phi) is 2.44. The predicted octanol–water partition coefficient (Wildman–Crippen LogP) is 2.71. The van der Waals surface area contributed by atoms with E-state index in [0.717, 1.165) is 24.2 Å². The van der Waals surface area contributed by atoms with Crippen molar-refractivity contribution in [3.63, 3.8) is 0 Å². The molecule has 0 unspecified atom stereocenters. The first-order chi connectivity index (χ1) is 6.75. The number of hydrogen-bond donors (Lipinski definition) is 2. The van der Waals surface area contributed by atoms with Gasteiger partial charge in [0.05, 0.1) is 11.4 Å². The Hall–Kier alpha value is -1.44. The summed E-state index contributed by atoms with van der Waals surface area (Å²) in [6, 6.07) is 6.63. The molecule has 0 aromatic heterocycles. The van der Waals surface area contributed by atoms with E-state index < -0.39 is 0 Å². The maximum atomic E-state index is 5.88. The molecule has 0 heterocycles. The van der Waals surface area contributed by atoms with Crippen LogP contribution >= 0.6 is 0 Å². The van der Waals surface area contributed by atoms with Crippen molar-refractivity contribution in [2.45, 2.75) is 25.8 Å². The summed E-state index contributed by atoms with van der Waals surface area (Å²) in [7, 11) is 0. The summed E-state index contributed by atoms with van der Waals surface area (Å²) < 4.78 is 0. The van der Waals surface area contributed by atoms with Gasteiger partial charge in [-0.1, -0.05) is 18.2 Å². The van der Waals surface area contributed by atoms with Crippen molar-refractivity contribution in [1.82, 2.24) is 0 Å². The Bertz CT molecular complexity index is 347. The summed E-state index contributed by atoms with van der Waals surface area (Å²) in [4.78, 5) is 0. The molecule has 3 N–H and O–H groups in total. The van der Waals surface area contributed by atoms with Crippen molar-refractivity contribution in [3.8, 4) is 0 Å². The number of rotatable bonds is 2. The highest BCUT2D eigenvalue weighted by Crippen LogP contribution is 2.23. The molecular weight excluding hydrogens is 172 g/mol. The maximum absolute atomic E-state index is 5.88. The molecule has 1 aliphatic rings. The first kappa shape index (κ1) is 9.13. The minimum atomic E-state index is 0.527. The van der Waals surface area contributed by atoms with E-state index in [1.807, 2.05) is 12.1 Å². The summed E-state index contributed by atoms with van der Waals surface area (Å²) in [5.74, 6) is 0. The van der Waals surface area contributed by atoms with Crippen LogP contribution in [0, 0.1) is 6.92 Å². The third-order valence-corrected chi connectivity index (χ3v) is 2.58. The van der Waals surface area contributed by atoms with E-state index in [4.69, 9.17) is 5.73 Å². The van der Waals surface area contributed by atoms with Gasteiger partial charge >= 0.3 is 0 Å². The van der Waals surface area contributed by atoms with Gasteiger partial charge in [0, 0.05) is 6.04 Å². The first-order valence-electron chi connectivity index (χ1n) is 5.03. The van der Waals surface area contributed by atoms with Crippen LogP contribution in [0.5, 0.6) is 0 Å². The smallest absolute Gasteiger partial charge is 0.0578 e. The average molecular weight is 188 g/mol. The lowest BCUT2D eigenvalue weighted by Gasteiger charge is -2.15. The lowest BCUT2D eigenvalue weighted by atomic mass is 10.1. The van der Waals surface area contributed by atoms with Gasteiger partial charge in [0.25, 0.3) is 0 Å². The normalized spacial score (nSPS) is 16.1. The number of nitrogens with one attached hydrogen (secondary N) is 1. The van der Waals surface area contributed by atoms with Crippen LogP contribution in [0.15, 0.2) is 30.4 Å². The van der Waals surface area contributed by atoms with Gasteiger partial charge in [0.1, 0.15) is 0 Å². The van der Waals surface area contributed by atoms with E-state index in [-0.39, 0.29) is 0 Å².